The van der Waals surface area contributed by atoms with Crippen LogP contribution in [0.1, 0.15) is 53.1 Å². The van der Waals surface area contributed by atoms with Crippen LogP contribution in [0.15, 0.2) is 84.0 Å². The molecule has 1 aliphatic heterocycles. The van der Waals surface area contributed by atoms with Gasteiger partial charge in [0, 0.05) is 53.6 Å². The summed E-state index contributed by atoms with van der Waals surface area (Å²) in [4.78, 5) is 25.3. The largest absolute Gasteiger partial charge is 0.337 e. The first-order chi connectivity index (χ1) is 20.0. The lowest BCUT2D eigenvalue weighted by molar-refractivity contribution is -0.135. The van der Waals surface area contributed by atoms with Gasteiger partial charge in [0.1, 0.15) is 0 Å². The van der Waals surface area contributed by atoms with E-state index in [2.05, 4.69) is 61.1 Å². The maximum atomic E-state index is 14.2. The third-order valence-corrected chi connectivity index (χ3v) is 9.18. The van der Waals surface area contributed by atoms with Crippen LogP contribution in [0.4, 0.5) is 0 Å². The Bertz CT molecular complexity index is 1420. The third kappa shape index (κ3) is 6.58. The van der Waals surface area contributed by atoms with Gasteiger partial charge in [-0.2, -0.15) is 0 Å². The molecule has 2 aromatic heterocycles. The van der Waals surface area contributed by atoms with Gasteiger partial charge >= 0.3 is 0 Å². The van der Waals surface area contributed by atoms with Crippen molar-refractivity contribution in [3.05, 3.63) is 117 Å². The molecule has 3 atom stereocenters. The van der Waals surface area contributed by atoms with E-state index in [0.29, 0.717) is 19.0 Å². The Kier molecular flexibility index (Phi) is 8.84. The number of hydrogen-bond donors (Lipinski definition) is 1. The standard InChI is InChI=1S/C33H35BrClN5O/c34-27-17-26-8-7-24-18-28(35)9-10-29(24)31(32(26)38-20-27)25-11-12-37-30(19-25)33(41)40(21-23-5-2-1-3-6-23)15-4-14-39-16-13-36-22-39/h1-3,5-6,9-10,13,16-18,20,22,25,30-31,37H,4,7-8,11-12,14-15,19,21H2/t25?,30?,31-/m0/s1. The number of benzene rings is 2. The summed E-state index contributed by atoms with van der Waals surface area (Å²) in [6.45, 7) is 2.94. The Labute approximate surface area is 255 Å². The number of pyridine rings is 1. The smallest absolute Gasteiger partial charge is 0.240 e. The van der Waals surface area contributed by atoms with Gasteiger partial charge in [-0.3, -0.25) is 9.78 Å². The number of aryl methyl sites for hydroxylation is 3. The number of carbonyl (C=O) groups excluding carboxylic acids is 1. The number of fused-ring (bicyclic) bond motifs is 2. The zero-order valence-electron chi connectivity index (χ0n) is 23.1. The molecule has 3 heterocycles. The maximum Gasteiger partial charge on any atom is 0.240 e. The number of rotatable bonds is 8. The summed E-state index contributed by atoms with van der Waals surface area (Å²) in [5.41, 5.74) is 6.18. The molecule has 2 aliphatic rings. The minimum absolute atomic E-state index is 0.133. The van der Waals surface area contributed by atoms with Crippen molar-refractivity contribution in [2.24, 2.45) is 5.92 Å². The Balaban J connectivity index is 1.26. The highest BCUT2D eigenvalue weighted by molar-refractivity contribution is 9.10. The van der Waals surface area contributed by atoms with Crippen LogP contribution >= 0.6 is 27.5 Å². The number of hydrogen-bond acceptors (Lipinski definition) is 4. The minimum Gasteiger partial charge on any atom is -0.337 e. The van der Waals surface area contributed by atoms with Gasteiger partial charge in [-0.1, -0.05) is 48.0 Å². The molecular weight excluding hydrogens is 598 g/mol. The summed E-state index contributed by atoms with van der Waals surface area (Å²) in [7, 11) is 0. The van der Waals surface area contributed by atoms with Gasteiger partial charge in [-0.05, 0) is 101 Å². The number of piperidine rings is 1. The predicted octanol–water partition coefficient (Wildman–Crippen LogP) is 6.41. The third-order valence-electron chi connectivity index (χ3n) is 8.51. The summed E-state index contributed by atoms with van der Waals surface area (Å²) in [6, 6.07) is 18.6. The maximum absolute atomic E-state index is 14.2. The van der Waals surface area contributed by atoms with Gasteiger partial charge in [0.15, 0.2) is 0 Å². The monoisotopic (exact) mass is 631 g/mol. The predicted molar refractivity (Wildman–Crippen MR) is 166 cm³/mol. The molecule has 0 saturated carbocycles. The van der Waals surface area contributed by atoms with Crippen molar-refractivity contribution < 1.29 is 4.79 Å². The van der Waals surface area contributed by atoms with Gasteiger partial charge in [-0.25, -0.2) is 4.98 Å². The molecule has 6 nitrogen and oxygen atoms in total. The lowest BCUT2D eigenvalue weighted by Gasteiger charge is -2.37. The summed E-state index contributed by atoms with van der Waals surface area (Å²) in [6.07, 6.45) is 12.0. The van der Waals surface area contributed by atoms with E-state index in [1.807, 2.05) is 47.9 Å². The zero-order chi connectivity index (χ0) is 28.2. The minimum atomic E-state index is -0.233. The second kappa shape index (κ2) is 12.9. The Morgan fingerprint density at radius 1 is 1.12 bits per heavy atom. The molecule has 2 unspecified atom stereocenters. The highest BCUT2D eigenvalue weighted by Gasteiger charge is 2.38. The van der Waals surface area contributed by atoms with E-state index in [9.17, 15) is 4.79 Å². The second-order valence-corrected chi connectivity index (χ2v) is 12.6. The van der Waals surface area contributed by atoms with E-state index in [-0.39, 0.29) is 17.9 Å². The van der Waals surface area contributed by atoms with E-state index in [1.54, 1.807) is 6.20 Å². The van der Waals surface area contributed by atoms with Crippen molar-refractivity contribution in [1.29, 1.82) is 0 Å². The lowest BCUT2D eigenvalue weighted by Crippen LogP contribution is -2.51. The molecule has 2 aromatic carbocycles. The molecule has 4 aromatic rings. The molecule has 1 aliphatic carbocycles. The van der Waals surface area contributed by atoms with Crippen LogP contribution < -0.4 is 5.32 Å². The SMILES string of the molecule is O=C(C1CC([C@H]2c3ccc(Cl)cc3CCc3cc(Br)cnc32)CCN1)N(CCCn1ccnc1)Cc1ccccc1. The van der Waals surface area contributed by atoms with Crippen LogP contribution in [0.25, 0.3) is 0 Å². The molecule has 1 fully saturated rings. The average Bonchev–Trinajstić information content (AvgIpc) is 3.46. The van der Waals surface area contributed by atoms with E-state index in [1.165, 1.54) is 16.7 Å². The summed E-state index contributed by atoms with van der Waals surface area (Å²) >= 11 is 10.1. The van der Waals surface area contributed by atoms with Crippen molar-refractivity contribution in [1.82, 2.24) is 24.8 Å². The van der Waals surface area contributed by atoms with Crippen molar-refractivity contribution >= 4 is 33.4 Å². The average molecular weight is 633 g/mol. The number of halogens is 2. The number of amides is 1. The molecule has 1 amide bonds. The Morgan fingerprint density at radius 2 is 1.98 bits per heavy atom. The summed E-state index contributed by atoms with van der Waals surface area (Å²) in [5, 5.41) is 4.36. The number of imidazole rings is 1. The van der Waals surface area contributed by atoms with Gasteiger partial charge < -0.3 is 14.8 Å². The summed E-state index contributed by atoms with van der Waals surface area (Å²) in [5.74, 6) is 0.604. The fraction of sp³-hybridized carbons (Fsp3) is 0.364. The van der Waals surface area contributed by atoms with E-state index in [0.717, 1.165) is 65.9 Å². The van der Waals surface area contributed by atoms with Crippen LogP contribution in [0, 0.1) is 5.92 Å². The normalized spacial score (nSPS) is 20.1. The summed E-state index contributed by atoms with van der Waals surface area (Å²) < 4.78 is 3.07. The molecule has 8 heteroatoms. The molecule has 1 N–H and O–H groups in total. The van der Waals surface area contributed by atoms with Crippen LogP contribution in [-0.4, -0.2) is 44.5 Å². The molecule has 1 saturated heterocycles. The Hall–Kier alpha value is -3.00. The van der Waals surface area contributed by atoms with E-state index < -0.39 is 0 Å². The number of carbonyl (C=O) groups is 1. The highest BCUT2D eigenvalue weighted by atomic mass is 79.9. The first-order valence-electron chi connectivity index (χ1n) is 14.5. The first-order valence-corrected chi connectivity index (χ1v) is 15.7. The number of aromatic nitrogens is 3. The molecule has 0 bridgehead atoms. The molecule has 0 spiro atoms. The van der Waals surface area contributed by atoms with Gasteiger partial charge in [0.25, 0.3) is 0 Å². The van der Waals surface area contributed by atoms with Crippen LogP contribution in [0.2, 0.25) is 5.02 Å². The second-order valence-electron chi connectivity index (χ2n) is 11.2. The van der Waals surface area contributed by atoms with Crippen molar-refractivity contribution in [3.63, 3.8) is 0 Å². The van der Waals surface area contributed by atoms with Crippen molar-refractivity contribution in [3.8, 4) is 0 Å². The highest BCUT2D eigenvalue weighted by Crippen LogP contribution is 2.43. The van der Waals surface area contributed by atoms with E-state index >= 15 is 0 Å². The molecule has 212 valence electrons. The number of nitrogens with zero attached hydrogens (tertiary/aromatic N) is 4. The van der Waals surface area contributed by atoms with Crippen LogP contribution in [0.5, 0.6) is 0 Å². The van der Waals surface area contributed by atoms with Crippen molar-refractivity contribution in [2.45, 2.75) is 57.2 Å². The fourth-order valence-corrected chi connectivity index (χ4v) is 7.13. The molecule has 41 heavy (non-hydrogen) atoms. The van der Waals surface area contributed by atoms with E-state index in [4.69, 9.17) is 16.6 Å². The molecule has 6 rings (SSSR count). The first kappa shape index (κ1) is 28.1. The van der Waals surface area contributed by atoms with Gasteiger partial charge in [-0.15, -0.1) is 0 Å². The molecular formula is C33H35BrClN5O. The fourth-order valence-electron chi connectivity index (χ4n) is 6.55. The Morgan fingerprint density at radius 3 is 2.80 bits per heavy atom. The van der Waals surface area contributed by atoms with Gasteiger partial charge in [0.05, 0.1) is 18.1 Å². The quantitative estimate of drug-likeness (QED) is 0.244. The van der Waals surface area contributed by atoms with Gasteiger partial charge in [0.2, 0.25) is 5.91 Å². The van der Waals surface area contributed by atoms with Crippen LogP contribution in [0.3, 0.4) is 0 Å². The lowest BCUT2D eigenvalue weighted by atomic mass is 9.75. The van der Waals surface area contributed by atoms with Crippen LogP contribution in [-0.2, 0) is 30.7 Å². The van der Waals surface area contributed by atoms with Crippen molar-refractivity contribution in [2.75, 3.05) is 13.1 Å². The number of nitrogens with one attached hydrogen (secondary N) is 1. The molecule has 0 radical (unpaired) electrons. The zero-order valence-corrected chi connectivity index (χ0v) is 25.4. The topological polar surface area (TPSA) is 63.1 Å².